The number of benzene rings is 1. The molecular weight excluding hydrogens is 332 g/mol. The highest BCUT2D eigenvalue weighted by Gasteiger charge is 2.20. The SMILES string of the molecule is CCCCC(NC(=O)c1ccc(NS(=O)(=O)CCC)cc1)C(=O)O. The van der Waals surface area contributed by atoms with Crippen molar-refractivity contribution in [1.82, 2.24) is 5.32 Å². The van der Waals surface area contributed by atoms with E-state index in [2.05, 4.69) is 10.0 Å². The van der Waals surface area contributed by atoms with Gasteiger partial charge in [-0.3, -0.25) is 9.52 Å². The molecule has 0 fully saturated rings. The average molecular weight is 356 g/mol. The predicted molar refractivity (Wildman–Crippen MR) is 92.6 cm³/mol. The lowest BCUT2D eigenvalue weighted by atomic mass is 10.1. The van der Waals surface area contributed by atoms with E-state index in [4.69, 9.17) is 5.11 Å². The first-order valence-electron chi connectivity index (χ1n) is 7.93. The monoisotopic (exact) mass is 356 g/mol. The fourth-order valence-electron chi connectivity index (χ4n) is 2.10. The minimum Gasteiger partial charge on any atom is -0.480 e. The number of sulfonamides is 1. The van der Waals surface area contributed by atoms with Crippen molar-refractivity contribution in [2.75, 3.05) is 10.5 Å². The summed E-state index contributed by atoms with van der Waals surface area (Å²) in [7, 11) is -3.39. The van der Waals surface area contributed by atoms with E-state index in [0.29, 0.717) is 24.9 Å². The van der Waals surface area contributed by atoms with Crippen LogP contribution in [0, 0.1) is 0 Å². The zero-order valence-electron chi connectivity index (χ0n) is 13.9. The molecule has 1 unspecified atom stereocenters. The summed E-state index contributed by atoms with van der Waals surface area (Å²) in [5, 5.41) is 11.6. The van der Waals surface area contributed by atoms with Gasteiger partial charge in [-0.25, -0.2) is 13.2 Å². The summed E-state index contributed by atoms with van der Waals surface area (Å²) in [5.74, 6) is -1.55. The van der Waals surface area contributed by atoms with Gasteiger partial charge in [0, 0.05) is 11.3 Å². The van der Waals surface area contributed by atoms with E-state index >= 15 is 0 Å². The Bertz CT molecular complexity index is 656. The molecule has 0 aliphatic rings. The van der Waals surface area contributed by atoms with Gasteiger partial charge >= 0.3 is 5.97 Å². The normalized spacial score (nSPS) is 12.4. The van der Waals surface area contributed by atoms with E-state index in [0.717, 1.165) is 6.42 Å². The first kappa shape index (κ1) is 20.0. The van der Waals surface area contributed by atoms with Gasteiger partial charge in [0.2, 0.25) is 10.0 Å². The van der Waals surface area contributed by atoms with Crippen molar-refractivity contribution >= 4 is 27.6 Å². The Morgan fingerprint density at radius 1 is 1.12 bits per heavy atom. The highest BCUT2D eigenvalue weighted by atomic mass is 32.2. The summed E-state index contributed by atoms with van der Waals surface area (Å²) < 4.78 is 25.8. The van der Waals surface area contributed by atoms with E-state index in [9.17, 15) is 18.0 Å². The lowest BCUT2D eigenvalue weighted by Crippen LogP contribution is -2.40. The Labute approximate surface area is 142 Å². The van der Waals surface area contributed by atoms with Gasteiger partial charge in [0.05, 0.1) is 5.75 Å². The first-order chi connectivity index (χ1) is 11.3. The van der Waals surface area contributed by atoms with Crippen LogP contribution >= 0.6 is 0 Å². The number of carbonyl (C=O) groups is 2. The summed E-state index contributed by atoms with van der Waals surface area (Å²) in [5.41, 5.74) is 0.636. The van der Waals surface area contributed by atoms with Crippen LogP contribution < -0.4 is 10.0 Å². The van der Waals surface area contributed by atoms with Gasteiger partial charge < -0.3 is 10.4 Å². The molecule has 0 saturated carbocycles. The molecule has 0 aromatic heterocycles. The van der Waals surface area contributed by atoms with Gasteiger partial charge in [-0.1, -0.05) is 26.7 Å². The summed E-state index contributed by atoms with van der Waals surface area (Å²) in [6, 6.07) is 4.93. The van der Waals surface area contributed by atoms with Gasteiger partial charge in [-0.05, 0) is 37.1 Å². The van der Waals surface area contributed by atoms with Crippen LogP contribution in [0.15, 0.2) is 24.3 Å². The highest BCUT2D eigenvalue weighted by Crippen LogP contribution is 2.12. The fraction of sp³-hybridized carbons (Fsp3) is 0.500. The Morgan fingerprint density at radius 2 is 1.75 bits per heavy atom. The van der Waals surface area contributed by atoms with Crippen LogP contribution in [0.3, 0.4) is 0 Å². The lowest BCUT2D eigenvalue weighted by Gasteiger charge is -2.14. The summed E-state index contributed by atoms with van der Waals surface area (Å²) in [6.45, 7) is 3.71. The molecule has 0 radical (unpaired) electrons. The maximum Gasteiger partial charge on any atom is 0.326 e. The fourth-order valence-corrected chi connectivity index (χ4v) is 3.23. The molecule has 8 heteroatoms. The van der Waals surface area contributed by atoms with Crippen molar-refractivity contribution < 1.29 is 23.1 Å². The summed E-state index contributed by atoms with van der Waals surface area (Å²) in [6.07, 6.45) is 2.41. The minimum absolute atomic E-state index is 0.0208. The molecular formula is C16H24N2O5S. The van der Waals surface area contributed by atoms with Crippen LogP contribution in [0.25, 0.3) is 0 Å². The van der Waals surface area contributed by atoms with Gasteiger partial charge in [0.15, 0.2) is 0 Å². The molecule has 24 heavy (non-hydrogen) atoms. The summed E-state index contributed by atoms with van der Waals surface area (Å²) in [4.78, 5) is 23.3. The van der Waals surface area contributed by atoms with E-state index < -0.39 is 27.9 Å². The largest absolute Gasteiger partial charge is 0.480 e. The van der Waals surface area contributed by atoms with Crippen molar-refractivity contribution in [2.45, 2.75) is 45.6 Å². The third kappa shape index (κ3) is 6.57. The molecule has 3 N–H and O–H groups in total. The molecule has 1 atom stereocenters. The number of hydrogen-bond donors (Lipinski definition) is 3. The number of unbranched alkanes of at least 4 members (excludes halogenated alkanes) is 1. The molecule has 0 heterocycles. The van der Waals surface area contributed by atoms with E-state index in [1.54, 1.807) is 6.92 Å². The molecule has 1 amide bonds. The maximum atomic E-state index is 12.1. The van der Waals surface area contributed by atoms with Crippen molar-refractivity contribution in [3.8, 4) is 0 Å². The number of rotatable bonds is 10. The molecule has 1 aromatic carbocycles. The molecule has 1 rings (SSSR count). The standard InChI is InChI=1S/C16H24N2O5S/c1-3-5-6-14(16(20)21)17-15(19)12-7-9-13(10-8-12)18-24(22,23)11-4-2/h7-10,14,18H,3-6,11H2,1-2H3,(H,17,19)(H,20,21). The zero-order chi connectivity index (χ0) is 18.2. The van der Waals surface area contributed by atoms with Crippen LogP contribution in [0.2, 0.25) is 0 Å². The summed E-state index contributed by atoms with van der Waals surface area (Å²) >= 11 is 0. The van der Waals surface area contributed by atoms with Crippen LogP contribution in [-0.4, -0.2) is 37.2 Å². The molecule has 0 bridgehead atoms. The lowest BCUT2D eigenvalue weighted by molar-refractivity contribution is -0.139. The second kappa shape index (κ2) is 9.27. The van der Waals surface area contributed by atoms with Crippen LogP contribution in [0.1, 0.15) is 49.9 Å². The molecule has 0 saturated heterocycles. The third-order valence-electron chi connectivity index (χ3n) is 3.34. The van der Waals surface area contributed by atoms with Gasteiger partial charge in [0.1, 0.15) is 6.04 Å². The van der Waals surface area contributed by atoms with E-state index in [1.807, 2.05) is 6.92 Å². The number of carboxylic acid groups (broad SMARTS) is 1. The average Bonchev–Trinajstić information content (AvgIpc) is 2.51. The Hall–Kier alpha value is -2.09. The quantitative estimate of drug-likeness (QED) is 0.595. The van der Waals surface area contributed by atoms with Crippen LogP contribution in [-0.2, 0) is 14.8 Å². The molecule has 0 aliphatic heterocycles. The second-order valence-electron chi connectivity index (χ2n) is 5.50. The van der Waals surface area contributed by atoms with Gasteiger partial charge in [-0.2, -0.15) is 0 Å². The molecule has 0 spiro atoms. The Morgan fingerprint density at radius 3 is 2.25 bits per heavy atom. The molecule has 7 nitrogen and oxygen atoms in total. The van der Waals surface area contributed by atoms with E-state index in [-0.39, 0.29) is 11.3 Å². The number of hydrogen-bond acceptors (Lipinski definition) is 4. The molecule has 134 valence electrons. The number of nitrogens with one attached hydrogen (secondary N) is 2. The topological polar surface area (TPSA) is 113 Å². The van der Waals surface area contributed by atoms with Crippen LogP contribution in [0.5, 0.6) is 0 Å². The number of aliphatic carboxylic acids is 1. The molecule has 0 aliphatic carbocycles. The predicted octanol–water partition coefficient (Wildman–Crippen LogP) is 2.21. The maximum absolute atomic E-state index is 12.1. The number of carboxylic acids is 1. The van der Waals surface area contributed by atoms with Crippen molar-refractivity contribution in [3.63, 3.8) is 0 Å². The highest BCUT2D eigenvalue weighted by molar-refractivity contribution is 7.92. The first-order valence-corrected chi connectivity index (χ1v) is 9.58. The molecule has 1 aromatic rings. The van der Waals surface area contributed by atoms with E-state index in [1.165, 1.54) is 24.3 Å². The van der Waals surface area contributed by atoms with Gasteiger partial charge in [0.25, 0.3) is 5.91 Å². The third-order valence-corrected chi connectivity index (χ3v) is 4.84. The number of amides is 1. The van der Waals surface area contributed by atoms with Crippen molar-refractivity contribution in [1.29, 1.82) is 0 Å². The Balaban J connectivity index is 2.74. The van der Waals surface area contributed by atoms with Gasteiger partial charge in [-0.15, -0.1) is 0 Å². The zero-order valence-corrected chi connectivity index (χ0v) is 14.7. The number of anilines is 1. The van der Waals surface area contributed by atoms with Crippen LogP contribution in [0.4, 0.5) is 5.69 Å². The number of carbonyl (C=O) groups excluding carboxylic acids is 1. The van der Waals surface area contributed by atoms with Crippen molar-refractivity contribution in [3.05, 3.63) is 29.8 Å². The Kier molecular flexibility index (Phi) is 7.70. The minimum atomic E-state index is -3.39. The second-order valence-corrected chi connectivity index (χ2v) is 7.35. The van der Waals surface area contributed by atoms with Crippen molar-refractivity contribution in [2.24, 2.45) is 0 Å². The smallest absolute Gasteiger partial charge is 0.326 e.